The van der Waals surface area contributed by atoms with Gasteiger partial charge in [0, 0.05) is 32.5 Å². The molecule has 0 fully saturated rings. The quantitative estimate of drug-likeness (QED) is 0.159. The van der Waals surface area contributed by atoms with Crippen LogP contribution in [-0.2, 0) is 6.42 Å². The summed E-state index contributed by atoms with van der Waals surface area (Å²) in [5.41, 5.74) is 10.9. The Morgan fingerprint density at radius 1 is 0.419 bits per heavy atom. The lowest BCUT2D eigenvalue weighted by atomic mass is 9.87. The van der Waals surface area contributed by atoms with Crippen molar-refractivity contribution in [1.82, 2.24) is 4.57 Å². The second-order valence-electron chi connectivity index (χ2n) is 16.8. The molecule has 0 unspecified atom stereocenters. The van der Waals surface area contributed by atoms with Gasteiger partial charge >= 0.3 is 0 Å². The normalized spacial score (nSPS) is 13.3. The van der Waals surface area contributed by atoms with E-state index in [9.17, 15) is 0 Å². The molecule has 2 heteroatoms. The monoisotopic (exact) mass is 788 g/mol. The number of nitrogens with zero attached hydrogens (tertiary/aromatic N) is 2. The zero-order valence-corrected chi connectivity index (χ0v) is 34.4. The van der Waals surface area contributed by atoms with Gasteiger partial charge in [-0.05, 0) is 89.6 Å². The van der Waals surface area contributed by atoms with E-state index in [1.165, 1.54) is 114 Å². The largest absolute Gasteiger partial charge is 0.293 e. The fraction of sp³-hybridized carbons (Fsp3) is 0.0500. The van der Waals surface area contributed by atoms with Crippen LogP contribution in [0, 0.1) is 0 Å². The van der Waals surface area contributed by atoms with E-state index in [0.717, 1.165) is 29.9 Å². The fourth-order valence-electron chi connectivity index (χ4n) is 10.9. The van der Waals surface area contributed by atoms with E-state index in [2.05, 4.69) is 212 Å². The van der Waals surface area contributed by atoms with Gasteiger partial charge in [0.05, 0.1) is 16.7 Å². The first-order chi connectivity index (χ1) is 30.7. The van der Waals surface area contributed by atoms with Crippen molar-refractivity contribution in [3.05, 3.63) is 217 Å². The molecule has 2 heterocycles. The summed E-state index contributed by atoms with van der Waals surface area (Å²) in [7, 11) is 0. The summed E-state index contributed by atoms with van der Waals surface area (Å²) in [5, 5.41) is 17.4. The molecule has 0 spiro atoms. The van der Waals surface area contributed by atoms with Gasteiger partial charge in [-0.15, -0.1) is 0 Å². The van der Waals surface area contributed by atoms with Gasteiger partial charge in [-0.3, -0.25) is 4.57 Å². The van der Waals surface area contributed by atoms with E-state index in [1.54, 1.807) is 0 Å². The lowest BCUT2D eigenvalue weighted by Gasteiger charge is -2.21. The zero-order valence-electron chi connectivity index (χ0n) is 34.4. The van der Waals surface area contributed by atoms with Gasteiger partial charge in [-0.2, -0.15) is 0 Å². The van der Waals surface area contributed by atoms with E-state index in [4.69, 9.17) is 4.99 Å². The lowest BCUT2D eigenvalue weighted by Crippen LogP contribution is -2.16. The lowest BCUT2D eigenvalue weighted by molar-refractivity contribution is 1.02. The molecule has 0 saturated heterocycles. The zero-order chi connectivity index (χ0) is 40.9. The molecule has 0 bridgehead atoms. The molecule has 290 valence electrons. The van der Waals surface area contributed by atoms with Gasteiger partial charge < -0.3 is 0 Å². The predicted molar refractivity (Wildman–Crippen MR) is 266 cm³/mol. The van der Waals surface area contributed by atoms with Crippen LogP contribution in [0.4, 0.5) is 5.69 Å². The van der Waals surface area contributed by atoms with Crippen molar-refractivity contribution in [3.63, 3.8) is 0 Å². The first kappa shape index (κ1) is 35.0. The van der Waals surface area contributed by atoms with Gasteiger partial charge in [0.1, 0.15) is 5.84 Å². The molecule has 1 aromatic heterocycles. The van der Waals surface area contributed by atoms with Crippen LogP contribution >= 0.6 is 0 Å². The third-order valence-electron chi connectivity index (χ3n) is 13.6. The first-order valence-electron chi connectivity index (χ1n) is 21.8. The highest BCUT2D eigenvalue weighted by atomic mass is 15.1. The summed E-state index contributed by atoms with van der Waals surface area (Å²) >= 11 is 0. The van der Waals surface area contributed by atoms with E-state index in [1.807, 2.05) is 0 Å². The van der Waals surface area contributed by atoms with E-state index < -0.39 is 0 Å². The minimum Gasteiger partial charge on any atom is -0.293 e. The molecular weight excluding hydrogens is 749 g/mol. The number of allylic oxidation sites excluding steroid dienone is 2. The Labute approximate surface area is 359 Å². The maximum Gasteiger partial charge on any atom is 0.146 e. The van der Waals surface area contributed by atoms with Crippen molar-refractivity contribution in [2.45, 2.75) is 19.8 Å². The minimum atomic E-state index is 0.811. The van der Waals surface area contributed by atoms with Crippen molar-refractivity contribution < 1.29 is 0 Å². The highest BCUT2D eigenvalue weighted by Crippen LogP contribution is 2.47. The minimum absolute atomic E-state index is 0.811. The summed E-state index contributed by atoms with van der Waals surface area (Å²) in [6, 6.07) is 74.1. The van der Waals surface area contributed by atoms with Crippen molar-refractivity contribution in [1.29, 1.82) is 0 Å². The number of fused-ring (bicyclic) bond motifs is 16. The Balaban J connectivity index is 1.24. The summed E-state index contributed by atoms with van der Waals surface area (Å²) in [6.07, 6.45) is 1.69. The van der Waals surface area contributed by atoms with Crippen LogP contribution in [0.5, 0.6) is 0 Å². The standard InChI is InChI=1S/C60H40N2/c1-2-37-36-41-29-28-39-18-6-8-20-43(39)58(41)61-60(55(37)51-33-32-42(38-16-4-3-5-17-38)45-22-10-12-24-47(45)51)62-54-35-34-52-49-26-13-11-23-46(49)48-25-14-15-27-50(48)56(52)57(54)53-31-30-40-19-7-9-21-44(40)59(53)62/h3-35H,2,36H2,1H3. The van der Waals surface area contributed by atoms with Crippen LogP contribution in [0.15, 0.2) is 211 Å². The van der Waals surface area contributed by atoms with E-state index >= 15 is 0 Å². The third kappa shape index (κ3) is 5.01. The average molecular weight is 789 g/mol. The Morgan fingerprint density at radius 3 is 1.68 bits per heavy atom. The van der Waals surface area contributed by atoms with E-state index in [-0.39, 0.29) is 0 Å². The number of hydrogen-bond acceptors (Lipinski definition) is 1. The Morgan fingerprint density at radius 2 is 0.952 bits per heavy atom. The molecule has 62 heavy (non-hydrogen) atoms. The number of aliphatic imine (C=N–C) groups is 1. The van der Waals surface area contributed by atoms with Gasteiger partial charge in [0.2, 0.25) is 0 Å². The topological polar surface area (TPSA) is 17.3 Å². The predicted octanol–water partition coefficient (Wildman–Crippen LogP) is 16.4. The summed E-state index contributed by atoms with van der Waals surface area (Å²) in [5.74, 6) is 0.968. The first-order valence-corrected chi connectivity index (χ1v) is 21.8. The number of rotatable bonds is 3. The molecule has 1 aliphatic heterocycles. The van der Waals surface area contributed by atoms with Crippen molar-refractivity contribution >= 4 is 104 Å². The highest BCUT2D eigenvalue weighted by molar-refractivity contribution is 6.40. The van der Waals surface area contributed by atoms with E-state index in [0.29, 0.717) is 0 Å². The highest BCUT2D eigenvalue weighted by Gasteiger charge is 2.29. The summed E-state index contributed by atoms with van der Waals surface area (Å²) in [6.45, 7) is 2.32. The fourth-order valence-corrected chi connectivity index (χ4v) is 10.9. The Bertz CT molecular complexity index is 3880. The molecule has 13 rings (SSSR count). The van der Waals surface area contributed by atoms with Crippen molar-refractivity contribution in [2.24, 2.45) is 4.99 Å². The average Bonchev–Trinajstić information content (AvgIpc) is 3.59. The molecule has 0 N–H and O–H groups in total. The van der Waals surface area contributed by atoms with Crippen LogP contribution in [0.1, 0.15) is 24.5 Å². The Kier molecular flexibility index (Phi) is 7.68. The molecule has 0 amide bonds. The van der Waals surface area contributed by atoms with Crippen LogP contribution < -0.4 is 0 Å². The van der Waals surface area contributed by atoms with Gasteiger partial charge in [-0.1, -0.05) is 207 Å². The molecular formula is C60H40N2. The number of hydrogen-bond donors (Lipinski definition) is 0. The smallest absolute Gasteiger partial charge is 0.146 e. The SMILES string of the molecule is CCC1=C(c2ccc(-c3ccccc3)c3ccccc23)C(n2c3ccc4c5ccccc5c5ccccc5c4c3c3ccc4ccccc4c32)=Nc2c(ccc3ccccc23)C1. The molecule has 12 aromatic rings. The van der Waals surface area contributed by atoms with Crippen LogP contribution in [0.25, 0.3) is 103 Å². The summed E-state index contributed by atoms with van der Waals surface area (Å²) < 4.78 is 2.55. The van der Waals surface area contributed by atoms with Gasteiger partial charge in [0.25, 0.3) is 0 Å². The maximum atomic E-state index is 6.07. The van der Waals surface area contributed by atoms with Crippen LogP contribution in [0.2, 0.25) is 0 Å². The number of benzene rings is 11. The third-order valence-corrected chi connectivity index (χ3v) is 13.6. The van der Waals surface area contributed by atoms with Gasteiger partial charge in [0.15, 0.2) is 0 Å². The maximum absolute atomic E-state index is 6.07. The van der Waals surface area contributed by atoms with Crippen molar-refractivity contribution in [3.8, 4) is 11.1 Å². The van der Waals surface area contributed by atoms with Crippen molar-refractivity contribution in [2.75, 3.05) is 0 Å². The van der Waals surface area contributed by atoms with Gasteiger partial charge in [-0.25, -0.2) is 4.99 Å². The second kappa shape index (κ2) is 13.6. The molecule has 11 aromatic carbocycles. The van der Waals surface area contributed by atoms with Crippen LogP contribution in [0.3, 0.4) is 0 Å². The molecule has 0 aliphatic carbocycles. The molecule has 0 atom stereocenters. The molecule has 2 nitrogen and oxygen atoms in total. The second-order valence-corrected chi connectivity index (χ2v) is 16.8. The summed E-state index contributed by atoms with van der Waals surface area (Å²) in [4.78, 5) is 6.07. The molecule has 1 aliphatic rings. The Hall–Kier alpha value is -7.81. The number of aromatic nitrogens is 1. The molecule has 0 radical (unpaired) electrons. The van der Waals surface area contributed by atoms with Crippen LogP contribution in [-0.4, -0.2) is 10.4 Å². The molecule has 0 saturated carbocycles.